The molecule has 0 saturated carbocycles. The van der Waals surface area contributed by atoms with E-state index >= 15 is 0 Å². The van der Waals surface area contributed by atoms with Gasteiger partial charge in [0.05, 0.1) is 0 Å². The summed E-state index contributed by atoms with van der Waals surface area (Å²) in [7, 11) is 1.60. The molecule has 0 bridgehead atoms. The molecule has 0 N–H and O–H groups in total. The Labute approximate surface area is 81.1 Å². The van der Waals surface area contributed by atoms with Gasteiger partial charge >= 0.3 is 18.9 Å². The fourth-order valence-corrected chi connectivity index (χ4v) is 0.675. The van der Waals surface area contributed by atoms with E-state index in [0.717, 1.165) is 12.8 Å². The summed E-state index contributed by atoms with van der Waals surface area (Å²) in [5, 5.41) is 0. The average Bonchev–Trinajstić information content (AvgIpc) is 1.98. The van der Waals surface area contributed by atoms with Gasteiger partial charge in [0.1, 0.15) is 6.79 Å². The van der Waals surface area contributed by atoms with Gasteiger partial charge in [0.25, 0.3) is 0 Å². The van der Waals surface area contributed by atoms with E-state index in [2.05, 4.69) is 6.92 Å². The number of ether oxygens (including phenoxy) is 2. The first-order valence-corrected chi connectivity index (χ1v) is 3.50. The zero-order valence-electron chi connectivity index (χ0n) is 7.67. The molecule has 0 heterocycles. The largest absolute Gasteiger partial charge is 1.00 e. The Morgan fingerprint density at radius 3 is 2.55 bits per heavy atom. The van der Waals surface area contributed by atoms with E-state index < -0.39 is 0 Å². The predicted octanol–water partition coefficient (Wildman–Crippen LogP) is -1.23. The Kier molecular flexibility index (Phi) is 12.9. The maximum absolute atomic E-state index is 5.29. The smallest absolute Gasteiger partial charge is 0.515 e. The van der Waals surface area contributed by atoms with Crippen molar-refractivity contribution < 1.29 is 28.3 Å². The molecule has 0 aromatic carbocycles. The van der Waals surface area contributed by atoms with Gasteiger partial charge < -0.3 is 16.1 Å². The van der Waals surface area contributed by atoms with Crippen LogP contribution in [0.15, 0.2) is 6.08 Å². The third-order valence-corrected chi connectivity index (χ3v) is 1.19. The summed E-state index contributed by atoms with van der Waals surface area (Å²) < 4.78 is 9.90. The SMILES string of the molecule is [CH-]=CC(CCC)OCOC.[Li+]. The van der Waals surface area contributed by atoms with Crippen LogP contribution in [0.4, 0.5) is 0 Å². The van der Waals surface area contributed by atoms with Crippen molar-refractivity contribution >= 4 is 0 Å². The molecule has 0 aromatic heterocycles. The van der Waals surface area contributed by atoms with Crippen LogP contribution in [0.1, 0.15) is 19.8 Å². The maximum atomic E-state index is 5.29. The molecule has 0 rings (SSSR count). The minimum absolute atomic E-state index is 0. The normalized spacial score (nSPS) is 11.8. The summed E-state index contributed by atoms with van der Waals surface area (Å²) in [6.07, 6.45) is 3.63. The average molecular weight is 150 g/mol. The molecule has 2 nitrogen and oxygen atoms in total. The van der Waals surface area contributed by atoms with Crippen LogP contribution in [-0.2, 0) is 9.47 Å². The van der Waals surface area contributed by atoms with Gasteiger partial charge in [-0.2, -0.15) is 0 Å². The Hall–Kier alpha value is 0.257. The summed E-state index contributed by atoms with van der Waals surface area (Å²) >= 11 is 0. The van der Waals surface area contributed by atoms with Crippen molar-refractivity contribution in [2.24, 2.45) is 0 Å². The molecule has 0 spiro atoms. The van der Waals surface area contributed by atoms with Crippen molar-refractivity contribution in [3.8, 4) is 0 Å². The molecule has 11 heavy (non-hydrogen) atoms. The second-order valence-corrected chi connectivity index (χ2v) is 2.09. The summed E-state index contributed by atoms with van der Waals surface area (Å²) in [5.41, 5.74) is 0. The van der Waals surface area contributed by atoms with E-state index in [1.807, 2.05) is 0 Å². The molecule has 0 aliphatic carbocycles. The van der Waals surface area contributed by atoms with Crippen LogP contribution in [0.5, 0.6) is 0 Å². The van der Waals surface area contributed by atoms with Crippen molar-refractivity contribution in [3.63, 3.8) is 0 Å². The van der Waals surface area contributed by atoms with Gasteiger partial charge in [0.15, 0.2) is 0 Å². The number of hydrogen-bond acceptors (Lipinski definition) is 2. The third kappa shape index (κ3) is 8.16. The summed E-state index contributed by atoms with van der Waals surface area (Å²) in [6.45, 7) is 7.70. The Balaban J connectivity index is 0. The fraction of sp³-hybridized carbons (Fsp3) is 0.750. The first-order valence-electron chi connectivity index (χ1n) is 3.50. The van der Waals surface area contributed by atoms with Gasteiger partial charge in [0.2, 0.25) is 0 Å². The van der Waals surface area contributed by atoms with E-state index in [4.69, 9.17) is 16.1 Å². The molecular formula is C8H15LiO2. The molecule has 3 heteroatoms. The minimum atomic E-state index is 0. The predicted molar refractivity (Wildman–Crippen MR) is 40.5 cm³/mol. The fourth-order valence-electron chi connectivity index (χ4n) is 0.675. The monoisotopic (exact) mass is 150 g/mol. The van der Waals surface area contributed by atoms with Crippen molar-refractivity contribution in [2.75, 3.05) is 13.9 Å². The molecule has 0 amide bonds. The standard InChI is InChI=1S/C8H15O2.Li/c1-4-6-8(5-2)10-7-9-3;/h2,5,8H,4,6-7H2,1,3H3;/q-1;+1. The van der Waals surface area contributed by atoms with Crippen molar-refractivity contribution in [3.05, 3.63) is 12.7 Å². The Morgan fingerprint density at radius 1 is 1.55 bits per heavy atom. The van der Waals surface area contributed by atoms with E-state index in [0.29, 0.717) is 6.79 Å². The van der Waals surface area contributed by atoms with Crippen LogP contribution in [0, 0.1) is 6.58 Å². The molecule has 0 aliphatic rings. The van der Waals surface area contributed by atoms with Gasteiger partial charge in [-0.1, -0.05) is 13.3 Å². The zero-order valence-corrected chi connectivity index (χ0v) is 7.67. The van der Waals surface area contributed by atoms with Crippen molar-refractivity contribution in [1.29, 1.82) is 0 Å². The van der Waals surface area contributed by atoms with Crippen molar-refractivity contribution in [1.82, 2.24) is 0 Å². The topological polar surface area (TPSA) is 18.5 Å². The number of methoxy groups -OCH3 is 1. The molecule has 1 atom stereocenters. The second kappa shape index (κ2) is 10.3. The van der Waals surface area contributed by atoms with E-state index in [1.54, 1.807) is 13.2 Å². The molecule has 0 aliphatic heterocycles. The maximum Gasteiger partial charge on any atom is 1.00 e. The van der Waals surface area contributed by atoms with E-state index in [-0.39, 0.29) is 25.0 Å². The molecule has 0 fully saturated rings. The van der Waals surface area contributed by atoms with Crippen LogP contribution in [-0.4, -0.2) is 20.0 Å². The quantitative estimate of drug-likeness (QED) is 0.268. The van der Waals surface area contributed by atoms with Crippen LogP contribution in [0.25, 0.3) is 0 Å². The van der Waals surface area contributed by atoms with Gasteiger partial charge in [-0.05, 0) is 6.42 Å². The molecule has 60 valence electrons. The van der Waals surface area contributed by atoms with Crippen LogP contribution < -0.4 is 18.9 Å². The van der Waals surface area contributed by atoms with Crippen LogP contribution in [0.2, 0.25) is 0 Å². The van der Waals surface area contributed by atoms with Gasteiger partial charge in [0, 0.05) is 13.2 Å². The second-order valence-electron chi connectivity index (χ2n) is 2.09. The third-order valence-electron chi connectivity index (χ3n) is 1.19. The number of rotatable bonds is 6. The minimum Gasteiger partial charge on any atom is -0.515 e. The molecule has 1 unspecified atom stereocenters. The van der Waals surface area contributed by atoms with Crippen LogP contribution >= 0.6 is 0 Å². The molecular weight excluding hydrogens is 135 g/mol. The summed E-state index contributed by atoms with van der Waals surface area (Å²) in [4.78, 5) is 0. The van der Waals surface area contributed by atoms with Crippen LogP contribution in [0.3, 0.4) is 0 Å². The van der Waals surface area contributed by atoms with E-state index in [9.17, 15) is 0 Å². The van der Waals surface area contributed by atoms with E-state index in [1.165, 1.54) is 0 Å². The number of hydrogen-bond donors (Lipinski definition) is 0. The molecule has 0 saturated heterocycles. The first-order chi connectivity index (χ1) is 4.85. The van der Waals surface area contributed by atoms with Crippen molar-refractivity contribution in [2.45, 2.75) is 25.9 Å². The van der Waals surface area contributed by atoms with Gasteiger partial charge in [-0.25, -0.2) is 6.08 Å². The summed E-state index contributed by atoms with van der Waals surface area (Å²) in [5.74, 6) is 0. The molecule has 0 aromatic rings. The Morgan fingerprint density at radius 2 is 2.18 bits per heavy atom. The Bertz CT molecular complexity index is 86.2. The summed E-state index contributed by atoms with van der Waals surface area (Å²) in [6, 6.07) is 0. The van der Waals surface area contributed by atoms with Gasteiger partial charge in [-0.3, -0.25) is 0 Å². The zero-order chi connectivity index (χ0) is 7.82. The van der Waals surface area contributed by atoms with Gasteiger partial charge in [-0.15, -0.1) is 0 Å². The first kappa shape index (κ1) is 13.8. The molecule has 0 radical (unpaired) electrons.